The maximum absolute atomic E-state index is 2.45. The molecule has 0 aromatic heterocycles. The van der Waals surface area contributed by atoms with Gasteiger partial charge in [0.25, 0.3) is 0 Å². The van der Waals surface area contributed by atoms with E-state index in [2.05, 4.69) is 104 Å². The summed E-state index contributed by atoms with van der Waals surface area (Å²) < 4.78 is 2.63. The van der Waals surface area contributed by atoms with Crippen molar-refractivity contribution < 1.29 is 33.8 Å². The standard InChI is InChI=1S/2C13H30N.C12H10.2ClH/c2*1-5-8-11-14(4,12-9-6-2)13-10-7-3;1-3-7-11(8-4-1)12-9-5-2-6-10-12;;/h2*5-13H2,1-4H3;1-10H;2*1H/q2*+1;;;/p-2. The molecule has 0 heterocycles. The fourth-order valence-electron chi connectivity index (χ4n) is 5.17. The smallest absolute Gasteiger partial charge is 0.0784 e. The largest absolute Gasteiger partial charge is 1.00 e. The minimum Gasteiger partial charge on any atom is -1.00 e. The van der Waals surface area contributed by atoms with Gasteiger partial charge in [-0.05, 0) is 49.7 Å². The molecule has 2 nitrogen and oxygen atoms in total. The zero-order valence-electron chi connectivity index (χ0n) is 29.2. The molecule has 246 valence electrons. The molecule has 0 saturated heterocycles. The summed E-state index contributed by atoms with van der Waals surface area (Å²) in [5.74, 6) is 0. The van der Waals surface area contributed by atoms with Gasteiger partial charge in [0.05, 0.1) is 53.4 Å². The lowest BCUT2D eigenvalue weighted by molar-refractivity contribution is -0.910. The quantitative estimate of drug-likeness (QED) is 0.192. The van der Waals surface area contributed by atoms with E-state index in [4.69, 9.17) is 0 Å². The Bertz CT molecular complexity index is 671. The van der Waals surface area contributed by atoms with Gasteiger partial charge in [0.2, 0.25) is 0 Å². The molecule has 0 aliphatic rings. The van der Waals surface area contributed by atoms with Gasteiger partial charge < -0.3 is 33.8 Å². The van der Waals surface area contributed by atoms with Gasteiger partial charge in [-0.2, -0.15) is 0 Å². The molecule has 0 unspecified atom stereocenters. The Hall–Kier alpha value is -1.06. The van der Waals surface area contributed by atoms with Gasteiger partial charge in [0, 0.05) is 0 Å². The van der Waals surface area contributed by atoms with Crippen molar-refractivity contribution in [2.75, 3.05) is 53.4 Å². The molecular weight excluding hydrogens is 555 g/mol. The normalized spacial score (nSPS) is 10.8. The van der Waals surface area contributed by atoms with Crippen molar-refractivity contribution in [1.82, 2.24) is 0 Å². The van der Waals surface area contributed by atoms with Crippen LogP contribution in [0.3, 0.4) is 0 Å². The maximum atomic E-state index is 2.45. The molecule has 0 amide bonds. The Morgan fingerprint density at radius 3 is 0.714 bits per heavy atom. The highest BCUT2D eigenvalue weighted by Crippen LogP contribution is 2.17. The van der Waals surface area contributed by atoms with E-state index in [-0.39, 0.29) is 24.8 Å². The second-order valence-corrected chi connectivity index (χ2v) is 12.4. The van der Waals surface area contributed by atoms with Crippen LogP contribution in [0.15, 0.2) is 60.7 Å². The summed E-state index contributed by atoms with van der Waals surface area (Å²) in [6.07, 6.45) is 16.4. The number of quaternary nitrogens is 2. The molecule has 2 aromatic carbocycles. The van der Waals surface area contributed by atoms with Crippen molar-refractivity contribution in [1.29, 1.82) is 0 Å². The molecule has 42 heavy (non-hydrogen) atoms. The van der Waals surface area contributed by atoms with Crippen molar-refractivity contribution in [3.8, 4) is 11.1 Å². The van der Waals surface area contributed by atoms with Crippen LogP contribution in [0.2, 0.25) is 0 Å². The van der Waals surface area contributed by atoms with Crippen LogP contribution in [0.5, 0.6) is 0 Å². The highest BCUT2D eigenvalue weighted by atomic mass is 35.5. The summed E-state index contributed by atoms with van der Waals surface area (Å²) in [5.41, 5.74) is 2.55. The molecule has 2 rings (SSSR count). The topological polar surface area (TPSA) is 0 Å². The average molecular weight is 626 g/mol. The van der Waals surface area contributed by atoms with Gasteiger partial charge in [-0.3, -0.25) is 0 Å². The first-order valence-electron chi connectivity index (χ1n) is 17.1. The second kappa shape index (κ2) is 30.0. The lowest BCUT2D eigenvalue weighted by Gasteiger charge is -2.34. The summed E-state index contributed by atoms with van der Waals surface area (Å²) >= 11 is 0. The number of rotatable bonds is 19. The third-order valence-electron chi connectivity index (χ3n) is 8.19. The number of hydrogen-bond donors (Lipinski definition) is 0. The highest BCUT2D eigenvalue weighted by Gasteiger charge is 2.19. The second-order valence-electron chi connectivity index (χ2n) is 12.4. The summed E-state index contributed by atoms with van der Waals surface area (Å²) in [6, 6.07) is 20.8. The van der Waals surface area contributed by atoms with Gasteiger partial charge in [-0.25, -0.2) is 0 Å². The molecule has 2 aromatic rings. The van der Waals surface area contributed by atoms with Crippen LogP contribution in [-0.4, -0.2) is 62.3 Å². The van der Waals surface area contributed by atoms with E-state index in [0.29, 0.717) is 0 Å². The SMILES string of the molecule is CCCC[N+](C)(CCCC)CCCC.CCCC[N+](C)(CCCC)CCCC.[Cl-].[Cl-].c1ccc(-c2ccccc2)cc1. The molecule has 0 bridgehead atoms. The Morgan fingerprint density at radius 1 is 0.357 bits per heavy atom. The Balaban J connectivity index is -0.000000531. The predicted octanol–water partition coefficient (Wildman–Crippen LogP) is 5.03. The van der Waals surface area contributed by atoms with E-state index < -0.39 is 0 Å². The third-order valence-corrected chi connectivity index (χ3v) is 8.19. The van der Waals surface area contributed by atoms with Crippen LogP contribution in [0.25, 0.3) is 11.1 Å². The summed E-state index contributed by atoms with van der Waals surface area (Å²) in [5, 5.41) is 0. The molecule has 0 radical (unpaired) electrons. The molecule has 0 spiro atoms. The third kappa shape index (κ3) is 23.4. The number of unbranched alkanes of at least 4 members (excludes halogenated alkanes) is 6. The van der Waals surface area contributed by atoms with Gasteiger partial charge in [-0.15, -0.1) is 0 Å². The molecule has 0 aliphatic heterocycles. The van der Waals surface area contributed by atoms with E-state index in [1.807, 2.05) is 12.1 Å². The summed E-state index contributed by atoms with van der Waals surface area (Å²) in [6.45, 7) is 22.1. The minimum atomic E-state index is 0. The monoisotopic (exact) mass is 624 g/mol. The van der Waals surface area contributed by atoms with Crippen LogP contribution >= 0.6 is 0 Å². The highest BCUT2D eigenvalue weighted by molar-refractivity contribution is 5.62. The molecule has 4 heteroatoms. The van der Waals surface area contributed by atoms with Gasteiger partial charge >= 0.3 is 0 Å². The lowest BCUT2D eigenvalue weighted by atomic mass is 10.1. The molecule has 0 aliphatic carbocycles. The van der Waals surface area contributed by atoms with Crippen LogP contribution in [0, 0.1) is 0 Å². The summed E-state index contributed by atoms with van der Waals surface area (Å²) in [7, 11) is 4.89. The van der Waals surface area contributed by atoms with E-state index in [1.54, 1.807) is 0 Å². The number of benzene rings is 2. The maximum Gasteiger partial charge on any atom is 0.0784 e. The fraction of sp³-hybridized carbons (Fsp3) is 0.684. The number of halogens is 2. The van der Waals surface area contributed by atoms with Crippen LogP contribution in [-0.2, 0) is 0 Å². The van der Waals surface area contributed by atoms with Gasteiger partial charge in [0.15, 0.2) is 0 Å². The van der Waals surface area contributed by atoms with E-state index in [1.165, 1.54) is 136 Å². The van der Waals surface area contributed by atoms with E-state index >= 15 is 0 Å². The first kappa shape index (κ1) is 45.4. The Labute approximate surface area is 276 Å². The first-order chi connectivity index (χ1) is 19.3. The van der Waals surface area contributed by atoms with E-state index in [0.717, 1.165) is 0 Å². The van der Waals surface area contributed by atoms with Gasteiger partial charge in [0.1, 0.15) is 0 Å². The van der Waals surface area contributed by atoms with Crippen molar-refractivity contribution in [3.63, 3.8) is 0 Å². The van der Waals surface area contributed by atoms with Crippen LogP contribution in [0.4, 0.5) is 0 Å². The first-order valence-corrected chi connectivity index (χ1v) is 17.1. The zero-order valence-corrected chi connectivity index (χ0v) is 30.7. The summed E-state index contributed by atoms with van der Waals surface area (Å²) in [4.78, 5) is 0. The number of hydrogen-bond acceptors (Lipinski definition) is 0. The van der Waals surface area contributed by atoms with Gasteiger partial charge in [-0.1, -0.05) is 141 Å². The molecule has 0 N–H and O–H groups in total. The molecule has 0 fully saturated rings. The van der Waals surface area contributed by atoms with E-state index in [9.17, 15) is 0 Å². The Morgan fingerprint density at radius 2 is 0.548 bits per heavy atom. The lowest BCUT2D eigenvalue weighted by Crippen LogP contribution is -3.00. The average Bonchev–Trinajstić information content (AvgIpc) is 3.00. The van der Waals surface area contributed by atoms with Crippen molar-refractivity contribution in [2.45, 2.75) is 119 Å². The minimum absolute atomic E-state index is 0. The van der Waals surface area contributed by atoms with Crippen LogP contribution < -0.4 is 24.8 Å². The predicted molar refractivity (Wildman–Crippen MR) is 183 cm³/mol. The zero-order chi connectivity index (χ0) is 30.0. The molecule has 0 atom stereocenters. The Kier molecular flexibility index (Phi) is 32.4. The van der Waals surface area contributed by atoms with Crippen molar-refractivity contribution >= 4 is 0 Å². The molecule has 0 saturated carbocycles. The number of nitrogens with zero attached hydrogens (tertiary/aromatic N) is 2. The van der Waals surface area contributed by atoms with Crippen LogP contribution in [0.1, 0.15) is 119 Å². The van der Waals surface area contributed by atoms with Crippen molar-refractivity contribution in [3.05, 3.63) is 60.7 Å². The molecular formula is C38H70Cl2N2. The van der Waals surface area contributed by atoms with Crippen molar-refractivity contribution in [2.24, 2.45) is 0 Å². The fourth-order valence-corrected chi connectivity index (χ4v) is 5.17.